The number of hydrogen-bond donors (Lipinski definition) is 2. The van der Waals surface area contributed by atoms with Crippen LogP contribution in [0.4, 0.5) is 5.69 Å². The topological polar surface area (TPSA) is 95.9 Å². The molecule has 0 saturated carbocycles. The molecule has 3 rings (SSSR count). The Balaban J connectivity index is 1.59. The Kier molecular flexibility index (Phi) is 5.93. The summed E-state index contributed by atoms with van der Waals surface area (Å²) in [6.45, 7) is 0.798. The lowest BCUT2D eigenvalue weighted by Gasteiger charge is -2.17. The van der Waals surface area contributed by atoms with Gasteiger partial charge in [0.15, 0.2) is 0 Å². The van der Waals surface area contributed by atoms with Crippen LogP contribution in [0, 0.1) is 5.92 Å². The fraction of sp³-hybridized carbons (Fsp3) is 0.286. The van der Waals surface area contributed by atoms with Gasteiger partial charge in [0, 0.05) is 25.2 Å². The van der Waals surface area contributed by atoms with Gasteiger partial charge in [0.05, 0.1) is 19.4 Å². The number of aliphatic carboxylic acids is 1. The largest absolute Gasteiger partial charge is 0.497 e. The maximum atomic E-state index is 12.6. The van der Waals surface area contributed by atoms with E-state index in [2.05, 4.69) is 5.32 Å². The first-order chi connectivity index (χ1) is 13.4. The molecule has 1 aliphatic heterocycles. The molecule has 0 spiro atoms. The number of likely N-dealkylation sites (tertiary alicyclic amines) is 1. The van der Waals surface area contributed by atoms with Crippen LogP contribution in [0.5, 0.6) is 5.75 Å². The molecule has 1 unspecified atom stereocenters. The van der Waals surface area contributed by atoms with Gasteiger partial charge < -0.3 is 20.1 Å². The van der Waals surface area contributed by atoms with Gasteiger partial charge in [-0.2, -0.15) is 0 Å². The molecule has 1 fully saturated rings. The highest BCUT2D eigenvalue weighted by atomic mass is 16.5. The molecule has 2 aromatic rings. The highest BCUT2D eigenvalue weighted by Crippen LogP contribution is 2.23. The van der Waals surface area contributed by atoms with Crippen LogP contribution in [0.15, 0.2) is 48.5 Å². The SMILES string of the molecule is COc1ccc(CN2CC(C(=O)Nc3cccc(CC(=O)O)c3)CC2=O)cc1. The minimum absolute atomic E-state index is 0.0596. The molecule has 1 aliphatic rings. The predicted molar refractivity (Wildman–Crippen MR) is 103 cm³/mol. The van der Waals surface area contributed by atoms with Crippen LogP contribution in [0.2, 0.25) is 0 Å². The number of benzene rings is 2. The Morgan fingerprint density at radius 3 is 2.61 bits per heavy atom. The number of carboxylic acids is 1. The van der Waals surface area contributed by atoms with Crippen molar-refractivity contribution >= 4 is 23.5 Å². The first-order valence-corrected chi connectivity index (χ1v) is 8.97. The van der Waals surface area contributed by atoms with Gasteiger partial charge in [-0.25, -0.2) is 0 Å². The van der Waals surface area contributed by atoms with E-state index < -0.39 is 11.9 Å². The standard InChI is InChI=1S/C21H22N2O5/c1-28-18-7-5-14(6-8-18)12-23-13-16(11-19(23)24)21(27)22-17-4-2-3-15(9-17)10-20(25)26/h2-9,16H,10-13H2,1H3,(H,22,27)(H,25,26). The van der Waals surface area contributed by atoms with Gasteiger partial charge in [-0.15, -0.1) is 0 Å². The molecule has 2 amide bonds. The molecule has 0 aliphatic carbocycles. The molecule has 0 radical (unpaired) electrons. The minimum atomic E-state index is -0.931. The normalized spacial score (nSPS) is 16.1. The van der Waals surface area contributed by atoms with Crippen LogP contribution < -0.4 is 10.1 Å². The molecule has 2 N–H and O–H groups in total. The second kappa shape index (κ2) is 8.56. The van der Waals surface area contributed by atoms with Gasteiger partial charge in [-0.3, -0.25) is 14.4 Å². The number of nitrogens with zero attached hydrogens (tertiary/aromatic N) is 1. The van der Waals surface area contributed by atoms with Crippen molar-refractivity contribution in [2.75, 3.05) is 19.0 Å². The third-order valence-electron chi connectivity index (χ3n) is 4.67. The molecular formula is C21H22N2O5. The summed E-state index contributed by atoms with van der Waals surface area (Å²) in [5.74, 6) is -0.916. The van der Waals surface area contributed by atoms with Crippen molar-refractivity contribution in [3.63, 3.8) is 0 Å². The molecule has 7 heteroatoms. The van der Waals surface area contributed by atoms with Crippen molar-refractivity contribution < 1.29 is 24.2 Å². The Bertz CT molecular complexity index is 879. The van der Waals surface area contributed by atoms with E-state index in [1.54, 1.807) is 36.3 Å². The molecule has 2 aromatic carbocycles. The molecule has 146 valence electrons. The third kappa shape index (κ3) is 4.88. The van der Waals surface area contributed by atoms with Gasteiger partial charge in [-0.05, 0) is 35.4 Å². The van der Waals surface area contributed by atoms with Gasteiger partial charge in [0.1, 0.15) is 5.75 Å². The number of carboxylic acid groups (broad SMARTS) is 1. The van der Waals surface area contributed by atoms with Crippen LogP contribution >= 0.6 is 0 Å². The van der Waals surface area contributed by atoms with Gasteiger partial charge in [0.2, 0.25) is 11.8 Å². The average Bonchev–Trinajstić information content (AvgIpc) is 3.03. The lowest BCUT2D eigenvalue weighted by Crippen LogP contribution is -2.28. The number of carbonyl (C=O) groups is 3. The number of methoxy groups -OCH3 is 1. The maximum absolute atomic E-state index is 12.6. The summed E-state index contributed by atoms with van der Waals surface area (Å²) in [5.41, 5.74) is 2.11. The minimum Gasteiger partial charge on any atom is -0.497 e. The van der Waals surface area contributed by atoms with E-state index >= 15 is 0 Å². The van der Waals surface area contributed by atoms with E-state index in [0.29, 0.717) is 24.3 Å². The summed E-state index contributed by atoms with van der Waals surface area (Å²) in [6.07, 6.45) is 0.0536. The molecule has 1 saturated heterocycles. The van der Waals surface area contributed by atoms with Crippen molar-refractivity contribution in [1.29, 1.82) is 0 Å². The van der Waals surface area contributed by atoms with Crippen LogP contribution in [0.25, 0.3) is 0 Å². The lowest BCUT2D eigenvalue weighted by atomic mass is 10.1. The lowest BCUT2D eigenvalue weighted by molar-refractivity contribution is -0.136. The Labute approximate surface area is 162 Å². The maximum Gasteiger partial charge on any atom is 0.307 e. The van der Waals surface area contributed by atoms with Crippen molar-refractivity contribution in [1.82, 2.24) is 4.90 Å². The van der Waals surface area contributed by atoms with Crippen LogP contribution in [-0.4, -0.2) is 41.4 Å². The zero-order valence-electron chi connectivity index (χ0n) is 15.6. The summed E-state index contributed by atoms with van der Waals surface area (Å²) >= 11 is 0. The van der Waals surface area contributed by atoms with Gasteiger partial charge in [0.25, 0.3) is 0 Å². The zero-order chi connectivity index (χ0) is 20.1. The van der Waals surface area contributed by atoms with Crippen molar-refractivity contribution in [3.8, 4) is 5.75 Å². The van der Waals surface area contributed by atoms with Crippen LogP contribution in [0.3, 0.4) is 0 Å². The fourth-order valence-corrected chi connectivity index (χ4v) is 3.23. The Morgan fingerprint density at radius 1 is 1.18 bits per heavy atom. The monoisotopic (exact) mass is 382 g/mol. The number of ether oxygens (including phenoxy) is 1. The molecule has 28 heavy (non-hydrogen) atoms. The molecule has 0 bridgehead atoms. The number of anilines is 1. The molecule has 0 aromatic heterocycles. The second-order valence-electron chi connectivity index (χ2n) is 6.78. The van der Waals surface area contributed by atoms with Gasteiger partial charge in [-0.1, -0.05) is 24.3 Å². The summed E-state index contributed by atoms with van der Waals surface area (Å²) in [4.78, 5) is 37.4. The first kappa shape index (κ1) is 19.4. The molecule has 1 atom stereocenters. The number of rotatable bonds is 7. The summed E-state index contributed by atoms with van der Waals surface area (Å²) in [7, 11) is 1.60. The van der Waals surface area contributed by atoms with Crippen molar-refractivity contribution in [2.45, 2.75) is 19.4 Å². The van der Waals surface area contributed by atoms with E-state index in [4.69, 9.17) is 9.84 Å². The first-order valence-electron chi connectivity index (χ1n) is 8.97. The second-order valence-corrected chi connectivity index (χ2v) is 6.78. The van der Waals surface area contributed by atoms with E-state index in [9.17, 15) is 14.4 Å². The highest BCUT2D eigenvalue weighted by molar-refractivity contribution is 5.97. The molecule has 7 nitrogen and oxygen atoms in total. The highest BCUT2D eigenvalue weighted by Gasteiger charge is 2.34. The van der Waals surface area contributed by atoms with Crippen LogP contribution in [0.1, 0.15) is 17.5 Å². The third-order valence-corrected chi connectivity index (χ3v) is 4.67. The van der Waals surface area contributed by atoms with Crippen LogP contribution in [-0.2, 0) is 27.3 Å². The van der Waals surface area contributed by atoms with Crippen molar-refractivity contribution in [2.24, 2.45) is 5.92 Å². The Hall–Kier alpha value is -3.35. The number of hydrogen-bond acceptors (Lipinski definition) is 4. The fourth-order valence-electron chi connectivity index (χ4n) is 3.23. The number of carbonyl (C=O) groups excluding carboxylic acids is 2. The number of nitrogens with one attached hydrogen (secondary N) is 1. The van der Waals surface area contributed by atoms with E-state index in [1.807, 2.05) is 24.3 Å². The molecular weight excluding hydrogens is 360 g/mol. The van der Waals surface area contributed by atoms with E-state index in [0.717, 1.165) is 11.3 Å². The Morgan fingerprint density at radius 2 is 1.93 bits per heavy atom. The zero-order valence-corrected chi connectivity index (χ0v) is 15.6. The quantitative estimate of drug-likeness (QED) is 0.766. The summed E-state index contributed by atoms with van der Waals surface area (Å²) in [5, 5.41) is 11.7. The van der Waals surface area contributed by atoms with E-state index in [1.165, 1.54) is 0 Å². The number of amides is 2. The van der Waals surface area contributed by atoms with Crippen molar-refractivity contribution in [3.05, 3.63) is 59.7 Å². The van der Waals surface area contributed by atoms with Gasteiger partial charge >= 0.3 is 5.97 Å². The summed E-state index contributed by atoms with van der Waals surface area (Å²) < 4.78 is 5.13. The smallest absolute Gasteiger partial charge is 0.307 e. The average molecular weight is 382 g/mol. The molecule has 1 heterocycles. The summed E-state index contributed by atoms with van der Waals surface area (Å²) in [6, 6.07) is 14.2. The predicted octanol–water partition coefficient (Wildman–Crippen LogP) is 2.31. The van der Waals surface area contributed by atoms with E-state index in [-0.39, 0.29) is 24.7 Å².